The van der Waals surface area contributed by atoms with E-state index >= 15 is 0 Å². The average molecular weight is 382 g/mol. The molecule has 0 saturated carbocycles. The summed E-state index contributed by atoms with van der Waals surface area (Å²) in [6, 6.07) is 22.9. The van der Waals surface area contributed by atoms with Crippen molar-refractivity contribution in [2.45, 2.75) is 9.79 Å². The molecule has 0 heterocycles. The van der Waals surface area contributed by atoms with Gasteiger partial charge in [-0.25, -0.2) is 4.79 Å². The Morgan fingerprint density at radius 2 is 1.65 bits per heavy atom. The maximum Gasteiger partial charge on any atom is 0.337 e. The van der Waals surface area contributed by atoms with Crippen LogP contribution in [-0.2, 0) is 4.74 Å². The van der Waals surface area contributed by atoms with E-state index in [0.29, 0.717) is 11.3 Å². The van der Waals surface area contributed by atoms with Crippen LogP contribution in [0.15, 0.2) is 87.6 Å². The number of hydrogen-bond acceptors (Lipinski definition) is 4. The molecule has 26 heavy (non-hydrogen) atoms. The Labute approximate surface area is 161 Å². The van der Waals surface area contributed by atoms with Crippen molar-refractivity contribution < 1.29 is 9.53 Å². The van der Waals surface area contributed by atoms with Crippen LogP contribution in [0, 0.1) is 0 Å². The molecular formula is C21H16ClNO2S. The molecule has 0 fully saturated rings. The van der Waals surface area contributed by atoms with Crippen LogP contribution < -0.4 is 0 Å². The molecule has 0 aliphatic carbocycles. The highest BCUT2D eigenvalue weighted by Crippen LogP contribution is 2.28. The lowest BCUT2D eigenvalue weighted by atomic mass is 10.2. The second-order valence-corrected chi connectivity index (χ2v) is 7.01. The van der Waals surface area contributed by atoms with Crippen LogP contribution in [0.2, 0.25) is 5.02 Å². The second-order valence-electron chi connectivity index (χ2n) is 5.43. The molecule has 0 bridgehead atoms. The quantitative estimate of drug-likeness (QED) is 0.400. The van der Waals surface area contributed by atoms with Gasteiger partial charge in [-0.3, -0.25) is 4.99 Å². The highest BCUT2D eigenvalue weighted by molar-refractivity contribution is 7.99. The summed E-state index contributed by atoms with van der Waals surface area (Å²) in [5.41, 5.74) is 2.17. The third-order valence-electron chi connectivity index (χ3n) is 3.56. The van der Waals surface area contributed by atoms with Crippen LogP contribution in [0.5, 0.6) is 0 Å². The van der Waals surface area contributed by atoms with Gasteiger partial charge in [0.25, 0.3) is 0 Å². The van der Waals surface area contributed by atoms with Gasteiger partial charge in [-0.1, -0.05) is 41.6 Å². The molecule has 0 aromatic heterocycles. The Morgan fingerprint density at radius 3 is 2.31 bits per heavy atom. The van der Waals surface area contributed by atoms with E-state index < -0.39 is 0 Å². The minimum atomic E-state index is -0.370. The third kappa shape index (κ3) is 4.97. The number of nitrogens with zero attached hydrogens (tertiary/aromatic N) is 1. The molecule has 0 spiro atoms. The molecule has 3 rings (SSSR count). The molecule has 130 valence electrons. The van der Waals surface area contributed by atoms with Gasteiger partial charge in [0.05, 0.1) is 18.4 Å². The van der Waals surface area contributed by atoms with E-state index in [1.54, 1.807) is 36.2 Å². The summed E-state index contributed by atoms with van der Waals surface area (Å²) in [5.74, 6) is -0.370. The number of rotatable bonds is 5. The van der Waals surface area contributed by atoms with Crippen LogP contribution in [0.4, 0.5) is 5.69 Å². The molecule has 0 unspecified atom stereocenters. The van der Waals surface area contributed by atoms with Crippen LogP contribution in [0.1, 0.15) is 15.9 Å². The number of benzene rings is 3. The molecule has 0 aliphatic heterocycles. The van der Waals surface area contributed by atoms with Crippen molar-refractivity contribution in [2.75, 3.05) is 7.11 Å². The Bertz CT molecular complexity index is 922. The zero-order chi connectivity index (χ0) is 18.4. The Kier molecular flexibility index (Phi) is 6.10. The van der Waals surface area contributed by atoms with Crippen LogP contribution in [0.3, 0.4) is 0 Å². The maximum atomic E-state index is 11.6. The van der Waals surface area contributed by atoms with Gasteiger partial charge in [-0.2, -0.15) is 0 Å². The fraction of sp³-hybridized carbons (Fsp3) is 0.0476. The van der Waals surface area contributed by atoms with E-state index in [1.807, 2.05) is 54.6 Å². The number of ether oxygens (including phenoxy) is 1. The van der Waals surface area contributed by atoms with E-state index in [4.69, 9.17) is 16.3 Å². The third-order valence-corrected chi connectivity index (χ3v) is 4.83. The van der Waals surface area contributed by atoms with Crippen molar-refractivity contribution in [2.24, 2.45) is 4.99 Å². The molecule has 0 aliphatic rings. The molecule has 5 heteroatoms. The van der Waals surface area contributed by atoms with E-state index in [9.17, 15) is 4.79 Å². The van der Waals surface area contributed by atoms with Crippen molar-refractivity contribution >= 4 is 41.2 Å². The normalized spacial score (nSPS) is 10.8. The van der Waals surface area contributed by atoms with Crippen LogP contribution in [0.25, 0.3) is 0 Å². The monoisotopic (exact) mass is 381 g/mol. The number of hydrogen-bond donors (Lipinski definition) is 0. The van der Waals surface area contributed by atoms with Crippen molar-refractivity contribution in [3.63, 3.8) is 0 Å². The Balaban J connectivity index is 1.68. The zero-order valence-electron chi connectivity index (χ0n) is 14.1. The molecule has 0 radical (unpaired) electrons. The first-order valence-corrected chi connectivity index (χ1v) is 9.09. The topological polar surface area (TPSA) is 38.7 Å². The highest BCUT2D eigenvalue weighted by atomic mass is 35.5. The van der Waals surface area contributed by atoms with Crippen molar-refractivity contribution in [3.05, 3.63) is 88.9 Å². The molecule has 0 amide bonds. The number of halogens is 1. The first-order chi connectivity index (χ1) is 12.6. The van der Waals surface area contributed by atoms with E-state index in [2.05, 4.69) is 4.99 Å². The summed E-state index contributed by atoms with van der Waals surface area (Å²) in [6.07, 6.45) is 1.77. The second kappa shape index (κ2) is 8.70. The summed E-state index contributed by atoms with van der Waals surface area (Å²) in [5, 5.41) is 0.733. The SMILES string of the molecule is COC(=O)c1cccc(N=Cc2ccc(Sc3ccc(Cl)cc3)cc2)c1. The van der Waals surface area contributed by atoms with Gasteiger partial charge in [0.1, 0.15) is 0 Å². The largest absolute Gasteiger partial charge is 0.465 e. The van der Waals surface area contributed by atoms with Gasteiger partial charge in [0.2, 0.25) is 0 Å². The Hall–Kier alpha value is -2.56. The lowest BCUT2D eigenvalue weighted by Gasteiger charge is -2.03. The predicted octanol–water partition coefficient (Wildman–Crippen LogP) is 6.03. The summed E-state index contributed by atoms with van der Waals surface area (Å²) in [7, 11) is 1.36. The van der Waals surface area contributed by atoms with Crippen molar-refractivity contribution in [1.29, 1.82) is 0 Å². The molecule has 3 aromatic rings. The molecule has 3 nitrogen and oxygen atoms in total. The summed E-state index contributed by atoms with van der Waals surface area (Å²) >= 11 is 7.58. The Morgan fingerprint density at radius 1 is 1.00 bits per heavy atom. The van der Waals surface area contributed by atoms with Gasteiger partial charge in [-0.15, -0.1) is 0 Å². The minimum Gasteiger partial charge on any atom is -0.465 e. The number of esters is 1. The van der Waals surface area contributed by atoms with Gasteiger partial charge >= 0.3 is 5.97 Å². The average Bonchev–Trinajstić information content (AvgIpc) is 2.69. The molecule has 0 atom stereocenters. The van der Waals surface area contributed by atoms with Crippen LogP contribution >= 0.6 is 23.4 Å². The smallest absolute Gasteiger partial charge is 0.337 e. The molecular weight excluding hydrogens is 366 g/mol. The van der Waals surface area contributed by atoms with Crippen molar-refractivity contribution in [1.82, 2.24) is 0 Å². The molecule has 0 N–H and O–H groups in total. The summed E-state index contributed by atoms with van der Waals surface area (Å²) < 4.78 is 4.72. The highest BCUT2D eigenvalue weighted by Gasteiger charge is 2.04. The van der Waals surface area contributed by atoms with E-state index in [1.165, 1.54) is 7.11 Å². The number of methoxy groups -OCH3 is 1. The molecule has 0 saturated heterocycles. The lowest BCUT2D eigenvalue weighted by Crippen LogP contribution is -1.99. The standard InChI is InChI=1S/C21H16ClNO2S/c1-25-21(24)16-3-2-4-18(13-16)23-14-15-5-9-19(10-6-15)26-20-11-7-17(22)8-12-20/h2-14H,1H3. The molecule has 3 aromatic carbocycles. The first kappa shape index (κ1) is 18.2. The minimum absolute atomic E-state index is 0.370. The van der Waals surface area contributed by atoms with E-state index in [0.717, 1.165) is 20.4 Å². The fourth-order valence-electron chi connectivity index (χ4n) is 2.24. The van der Waals surface area contributed by atoms with Gasteiger partial charge in [0, 0.05) is 21.0 Å². The predicted molar refractivity (Wildman–Crippen MR) is 107 cm³/mol. The van der Waals surface area contributed by atoms with Gasteiger partial charge in [-0.05, 0) is 60.2 Å². The van der Waals surface area contributed by atoms with Crippen molar-refractivity contribution in [3.8, 4) is 0 Å². The zero-order valence-corrected chi connectivity index (χ0v) is 15.6. The van der Waals surface area contributed by atoms with Gasteiger partial charge < -0.3 is 4.74 Å². The van der Waals surface area contributed by atoms with E-state index in [-0.39, 0.29) is 5.97 Å². The summed E-state index contributed by atoms with van der Waals surface area (Å²) in [4.78, 5) is 18.3. The number of aliphatic imine (C=N–C) groups is 1. The summed E-state index contributed by atoms with van der Waals surface area (Å²) in [6.45, 7) is 0. The fourth-order valence-corrected chi connectivity index (χ4v) is 3.18. The maximum absolute atomic E-state index is 11.6. The first-order valence-electron chi connectivity index (χ1n) is 7.90. The number of carbonyl (C=O) groups is 1. The van der Waals surface area contributed by atoms with Crippen LogP contribution in [-0.4, -0.2) is 19.3 Å². The van der Waals surface area contributed by atoms with Gasteiger partial charge in [0.15, 0.2) is 0 Å². The number of carbonyl (C=O) groups excluding carboxylic acids is 1. The lowest BCUT2D eigenvalue weighted by molar-refractivity contribution is 0.0601.